The Morgan fingerprint density at radius 3 is 2.10 bits per heavy atom. The van der Waals surface area contributed by atoms with Gasteiger partial charge in [-0.2, -0.15) is 0 Å². The van der Waals surface area contributed by atoms with Gasteiger partial charge in [0.1, 0.15) is 17.7 Å². The molecule has 3 aromatic heterocycles. The zero-order valence-electron chi connectivity index (χ0n) is 16.1. The Labute approximate surface area is 171 Å². The molecule has 4 rings (SSSR count). The number of carboxylic acids is 2. The van der Waals surface area contributed by atoms with E-state index in [1.54, 1.807) is 12.4 Å². The maximum absolute atomic E-state index is 10.6. The van der Waals surface area contributed by atoms with Crippen molar-refractivity contribution < 1.29 is 19.8 Å². The summed E-state index contributed by atoms with van der Waals surface area (Å²) in [7, 11) is 0. The van der Waals surface area contributed by atoms with Gasteiger partial charge in [0.2, 0.25) is 0 Å². The van der Waals surface area contributed by atoms with Crippen LogP contribution in [0.3, 0.4) is 0 Å². The third kappa shape index (κ3) is 4.83. The van der Waals surface area contributed by atoms with Crippen LogP contribution in [0.2, 0.25) is 0 Å². The number of hydrogen-bond donors (Lipinski definition) is 6. The molecule has 2 unspecified atom stereocenters. The van der Waals surface area contributed by atoms with Crippen LogP contribution in [-0.2, 0) is 22.4 Å². The van der Waals surface area contributed by atoms with Gasteiger partial charge in [0.25, 0.3) is 0 Å². The molecule has 0 aliphatic carbocycles. The molecule has 0 fully saturated rings. The Balaban J connectivity index is 0.000000171. The average Bonchev–Trinajstić information content (AvgIpc) is 3.33. The largest absolute Gasteiger partial charge is 0.480 e. The van der Waals surface area contributed by atoms with E-state index in [0.717, 1.165) is 33.1 Å². The van der Waals surface area contributed by atoms with Gasteiger partial charge in [0, 0.05) is 47.7 Å². The van der Waals surface area contributed by atoms with Gasteiger partial charge in [-0.05, 0) is 29.3 Å². The number of para-hydroxylation sites is 1. The molecule has 0 saturated carbocycles. The molecular formula is C21H23N5O4. The molecule has 3 heterocycles. The predicted molar refractivity (Wildman–Crippen MR) is 113 cm³/mol. The smallest absolute Gasteiger partial charge is 0.320 e. The van der Waals surface area contributed by atoms with Crippen LogP contribution in [0.4, 0.5) is 0 Å². The lowest BCUT2D eigenvalue weighted by atomic mass is 10.1. The van der Waals surface area contributed by atoms with Crippen molar-refractivity contribution in [2.75, 3.05) is 0 Å². The number of carboxylic acid groups (broad SMARTS) is 2. The number of rotatable bonds is 6. The highest BCUT2D eigenvalue weighted by Gasteiger charge is 2.15. The summed E-state index contributed by atoms with van der Waals surface area (Å²) in [6.07, 6.45) is 5.90. The molecule has 0 bridgehead atoms. The molecule has 0 amide bonds. The number of aromatic amines is 2. The Kier molecular flexibility index (Phi) is 6.45. The highest BCUT2D eigenvalue weighted by Crippen LogP contribution is 2.19. The van der Waals surface area contributed by atoms with E-state index < -0.39 is 24.0 Å². The quantitative estimate of drug-likeness (QED) is 0.281. The van der Waals surface area contributed by atoms with Gasteiger partial charge >= 0.3 is 11.9 Å². The molecule has 9 heteroatoms. The average molecular weight is 409 g/mol. The molecule has 4 aromatic rings. The van der Waals surface area contributed by atoms with Crippen LogP contribution < -0.4 is 11.5 Å². The van der Waals surface area contributed by atoms with Gasteiger partial charge in [-0.3, -0.25) is 9.59 Å². The number of nitrogens with zero attached hydrogens (tertiary/aromatic N) is 1. The van der Waals surface area contributed by atoms with Crippen molar-refractivity contribution in [3.8, 4) is 0 Å². The Hall–Kier alpha value is -3.69. The van der Waals surface area contributed by atoms with Crippen LogP contribution >= 0.6 is 0 Å². The van der Waals surface area contributed by atoms with E-state index >= 15 is 0 Å². The molecule has 30 heavy (non-hydrogen) atoms. The summed E-state index contributed by atoms with van der Waals surface area (Å²) in [5, 5.41) is 19.4. The normalized spacial score (nSPS) is 12.9. The molecule has 0 saturated heterocycles. The summed E-state index contributed by atoms with van der Waals surface area (Å²) in [6.45, 7) is 0. The summed E-state index contributed by atoms with van der Waals surface area (Å²) in [5.41, 5.74) is 14.5. The monoisotopic (exact) mass is 409 g/mol. The van der Waals surface area contributed by atoms with E-state index in [9.17, 15) is 9.59 Å². The minimum Gasteiger partial charge on any atom is -0.480 e. The third-order valence-electron chi connectivity index (χ3n) is 4.73. The first-order valence-corrected chi connectivity index (χ1v) is 9.29. The van der Waals surface area contributed by atoms with Crippen molar-refractivity contribution >= 4 is 33.9 Å². The number of carbonyl (C=O) groups is 2. The zero-order valence-corrected chi connectivity index (χ0v) is 16.1. The lowest BCUT2D eigenvalue weighted by Gasteiger charge is -2.04. The van der Waals surface area contributed by atoms with E-state index in [2.05, 4.69) is 15.0 Å². The first kappa shape index (κ1) is 21.0. The maximum atomic E-state index is 10.6. The standard InChI is InChI=1S/C11H12N2O2.C10H11N3O2/c12-9(11(14)15)5-7-6-13-10-4-2-1-3-8(7)10;11-8(10(14)15)4-6-5-13-9-7(6)2-1-3-12-9/h1-4,6,9,13H,5,12H2,(H,14,15);1-3,5,8H,4,11H2,(H,12,13)(H,14,15). The highest BCUT2D eigenvalue weighted by molar-refractivity contribution is 5.84. The van der Waals surface area contributed by atoms with Crippen LogP contribution in [0.1, 0.15) is 11.1 Å². The Morgan fingerprint density at radius 2 is 1.43 bits per heavy atom. The molecule has 8 N–H and O–H groups in total. The molecule has 9 nitrogen and oxygen atoms in total. The fourth-order valence-corrected chi connectivity index (χ4v) is 3.13. The van der Waals surface area contributed by atoms with Crippen LogP contribution in [0, 0.1) is 0 Å². The number of fused-ring (bicyclic) bond motifs is 2. The third-order valence-corrected chi connectivity index (χ3v) is 4.73. The van der Waals surface area contributed by atoms with Gasteiger partial charge < -0.3 is 31.6 Å². The molecule has 0 spiro atoms. The fourth-order valence-electron chi connectivity index (χ4n) is 3.13. The van der Waals surface area contributed by atoms with Gasteiger partial charge in [-0.15, -0.1) is 0 Å². The summed E-state index contributed by atoms with van der Waals surface area (Å²) in [5.74, 6) is -1.96. The fraction of sp³-hybridized carbons (Fsp3) is 0.190. The highest BCUT2D eigenvalue weighted by atomic mass is 16.4. The van der Waals surface area contributed by atoms with Crippen LogP contribution in [-0.4, -0.2) is 49.2 Å². The van der Waals surface area contributed by atoms with Crippen LogP contribution in [0.25, 0.3) is 21.9 Å². The number of benzene rings is 1. The first-order chi connectivity index (χ1) is 14.4. The minimum atomic E-state index is -0.992. The second-order valence-corrected chi connectivity index (χ2v) is 6.87. The van der Waals surface area contributed by atoms with E-state index in [1.807, 2.05) is 42.6 Å². The van der Waals surface area contributed by atoms with Gasteiger partial charge in [-0.25, -0.2) is 4.98 Å². The number of nitrogens with two attached hydrogens (primary N) is 2. The molecule has 0 radical (unpaired) electrons. The summed E-state index contributed by atoms with van der Waals surface area (Å²) < 4.78 is 0. The Bertz CT molecular complexity index is 1070. The van der Waals surface area contributed by atoms with E-state index in [1.165, 1.54) is 0 Å². The SMILES string of the molecule is NC(Cc1c[nH]c2ccccc12)C(=O)O.NC(Cc1c[nH]c2ncccc12)C(=O)O. The van der Waals surface area contributed by atoms with Gasteiger partial charge in [0.05, 0.1) is 0 Å². The van der Waals surface area contributed by atoms with E-state index in [-0.39, 0.29) is 0 Å². The summed E-state index contributed by atoms with van der Waals surface area (Å²) >= 11 is 0. The molecule has 0 aliphatic rings. The molecule has 1 aromatic carbocycles. The first-order valence-electron chi connectivity index (χ1n) is 9.29. The molecule has 156 valence electrons. The second-order valence-electron chi connectivity index (χ2n) is 6.87. The molecule has 2 atom stereocenters. The van der Waals surface area contributed by atoms with E-state index in [0.29, 0.717) is 12.8 Å². The second kappa shape index (κ2) is 9.21. The Morgan fingerprint density at radius 1 is 0.867 bits per heavy atom. The maximum Gasteiger partial charge on any atom is 0.320 e. The number of pyridine rings is 1. The van der Waals surface area contributed by atoms with Crippen LogP contribution in [0.5, 0.6) is 0 Å². The van der Waals surface area contributed by atoms with Crippen molar-refractivity contribution in [3.63, 3.8) is 0 Å². The number of aromatic nitrogens is 3. The van der Waals surface area contributed by atoms with Gasteiger partial charge in [-0.1, -0.05) is 18.2 Å². The topological polar surface area (TPSA) is 171 Å². The summed E-state index contributed by atoms with van der Waals surface area (Å²) in [4.78, 5) is 31.4. The number of aliphatic carboxylic acids is 2. The van der Waals surface area contributed by atoms with E-state index in [4.69, 9.17) is 21.7 Å². The number of nitrogens with one attached hydrogen (secondary N) is 2. The predicted octanol–water partition coefficient (Wildman–Crippen LogP) is 1.64. The zero-order chi connectivity index (χ0) is 21.7. The lowest BCUT2D eigenvalue weighted by molar-refractivity contribution is -0.139. The summed E-state index contributed by atoms with van der Waals surface area (Å²) in [6, 6.07) is 9.75. The van der Waals surface area contributed by atoms with Crippen LogP contribution in [0.15, 0.2) is 55.0 Å². The van der Waals surface area contributed by atoms with Crippen molar-refractivity contribution in [1.29, 1.82) is 0 Å². The molecule has 0 aliphatic heterocycles. The van der Waals surface area contributed by atoms with Crippen molar-refractivity contribution in [3.05, 3.63) is 66.1 Å². The van der Waals surface area contributed by atoms with Gasteiger partial charge in [0.15, 0.2) is 0 Å². The molecular weight excluding hydrogens is 386 g/mol. The number of H-pyrrole nitrogens is 2. The van der Waals surface area contributed by atoms with Crippen molar-refractivity contribution in [2.24, 2.45) is 11.5 Å². The minimum absolute atomic E-state index is 0.307. The number of hydrogen-bond acceptors (Lipinski definition) is 5. The van der Waals surface area contributed by atoms with Crippen molar-refractivity contribution in [2.45, 2.75) is 24.9 Å². The van der Waals surface area contributed by atoms with Crippen molar-refractivity contribution in [1.82, 2.24) is 15.0 Å². The lowest BCUT2D eigenvalue weighted by Crippen LogP contribution is -2.32.